The summed E-state index contributed by atoms with van der Waals surface area (Å²) in [5, 5.41) is 0. The number of nitrogens with zero attached hydrogens (tertiary/aromatic N) is 1. The van der Waals surface area contributed by atoms with Crippen molar-refractivity contribution in [2.24, 2.45) is 5.73 Å². The van der Waals surface area contributed by atoms with Crippen LogP contribution in [0.2, 0.25) is 0 Å². The monoisotopic (exact) mass is 244 g/mol. The lowest BCUT2D eigenvalue weighted by Gasteiger charge is -2.07. The number of halogens is 1. The molecule has 0 bridgehead atoms. The smallest absolute Gasteiger partial charge is 0.328 e. The van der Waals surface area contributed by atoms with Crippen molar-refractivity contribution in [1.29, 1.82) is 0 Å². The highest BCUT2D eigenvalue weighted by atomic mass is 79.9. The van der Waals surface area contributed by atoms with E-state index in [1.165, 1.54) is 7.11 Å². The predicted octanol–water partition coefficient (Wildman–Crippen LogP) is 1.02. The summed E-state index contributed by atoms with van der Waals surface area (Å²) in [6, 6.07) is 2.63. The van der Waals surface area contributed by atoms with E-state index in [0.29, 0.717) is 5.69 Å². The normalized spacial score (nSPS) is 12.2. The number of aromatic nitrogens is 1. The SMILES string of the molecule is COC(=O)[C@@H](N)c1ccc(Br)cn1. The molecule has 0 saturated heterocycles. The second-order valence-corrected chi connectivity index (χ2v) is 3.32. The van der Waals surface area contributed by atoms with E-state index in [-0.39, 0.29) is 0 Å². The van der Waals surface area contributed by atoms with Crippen molar-refractivity contribution in [3.63, 3.8) is 0 Å². The molecule has 0 fully saturated rings. The van der Waals surface area contributed by atoms with Gasteiger partial charge in [-0.05, 0) is 28.1 Å². The van der Waals surface area contributed by atoms with Crippen molar-refractivity contribution in [1.82, 2.24) is 4.98 Å². The van der Waals surface area contributed by atoms with E-state index in [1.807, 2.05) is 0 Å². The van der Waals surface area contributed by atoms with E-state index in [9.17, 15) is 4.79 Å². The number of carbonyl (C=O) groups excluding carboxylic acids is 1. The highest BCUT2D eigenvalue weighted by Gasteiger charge is 2.16. The Kier molecular flexibility index (Phi) is 3.39. The molecule has 70 valence electrons. The van der Waals surface area contributed by atoms with Gasteiger partial charge in [-0.1, -0.05) is 0 Å². The Morgan fingerprint density at radius 1 is 1.69 bits per heavy atom. The molecule has 0 radical (unpaired) electrons. The van der Waals surface area contributed by atoms with Gasteiger partial charge in [0, 0.05) is 10.7 Å². The van der Waals surface area contributed by atoms with Gasteiger partial charge in [0.25, 0.3) is 0 Å². The third-order valence-corrected chi connectivity index (χ3v) is 1.99. The van der Waals surface area contributed by atoms with Gasteiger partial charge in [0.2, 0.25) is 0 Å². The molecule has 1 rings (SSSR count). The van der Waals surface area contributed by atoms with Gasteiger partial charge in [-0.3, -0.25) is 4.98 Å². The summed E-state index contributed by atoms with van der Waals surface area (Å²) in [5.74, 6) is -0.491. The van der Waals surface area contributed by atoms with E-state index in [1.54, 1.807) is 18.3 Å². The fraction of sp³-hybridized carbons (Fsp3) is 0.250. The van der Waals surface area contributed by atoms with Crippen LogP contribution in [0.3, 0.4) is 0 Å². The first-order valence-electron chi connectivity index (χ1n) is 3.60. The molecule has 0 aliphatic rings. The zero-order valence-electron chi connectivity index (χ0n) is 7.03. The third-order valence-electron chi connectivity index (χ3n) is 1.52. The van der Waals surface area contributed by atoms with Crippen molar-refractivity contribution in [3.8, 4) is 0 Å². The van der Waals surface area contributed by atoms with Gasteiger partial charge in [-0.2, -0.15) is 0 Å². The number of esters is 1. The molecule has 1 atom stereocenters. The number of methoxy groups -OCH3 is 1. The molecule has 13 heavy (non-hydrogen) atoms. The maximum absolute atomic E-state index is 11.0. The number of rotatable bonds is 2. The second-order valence-electron chi connectivity index (χ2n) is 2.40. The molecule has 0 aliphatic carbocycles. The average Bonchev–Trinajstić information content (AvgIpc) is 2.17. The van der Waals surface area contributed by atoms with Crippen molar-refractivity contribution in [2.45, 2.75) is 6.04 Å². The predicted molar refractivity (Wildman–Crippen MR) is 50.9 cm³/mol. The standard InChI is InChI=1S/C8H9BrN2O2/c1-13-8(12)7(10)6-3-2-5(9)4-11-6/h2-4,7H,10H2,1H3/t7-/m0/s1. The molecule has 1 aromatic rings. The van der Waals surface area contributed by atoms with E-state index in [0.717, 1.165) is 4.47 Å². The van der Waals surface area contributed by atoms with Gasteiger partial charge in [0.1, 0.15) is 6.04 Å². The maximum atomic E-state index is 11.0. The van der Waals surface area contributed by atoms with Crippen LogP contribution in [0, 0.1) is 0 Å². The summed E-state index contributed by atoms with van der Waals surface area (Å²) >= 11 is 3.23. The minimum Gasteiger partial charge on any atom is -0.468 e. The summed E-state index contributed by atoms with van der Waals surface area (Å²) in [6.07, 6.45) is 1.58. The minimum absolute atomic E-state index is 0.491. The first kappa shape index (κ1) is 10.1. The number of nitrogens with two attached hydrogens (primary N) is 1. The lowest BCUT2D eigenvalue weighted by Crippen LogP contribution is -2.23. The van der Waals surface area contributed by atoms with Crippen molar-refractivity contribution >= 4 is 21.9 Å². The van der Waals surface area contributed by atoms with E-state index in [4.69, 9.17) is 5.73 Å². The third kappa shape index (κ3) is 2.50. The quantitative estimate of drug-likeness (QED) is 0.790. The van der Waals surface area contributed by atoms with Crippen LogP contribution in [0.5, 0.6) is 0 Å². The molecular formula is C8H9BrN2O2. The fourth-order valence-corrected chi connectivity index (χ4v) is 1.05. The van der Waals surface area contributed by atoms with Crippen LogP contribution in [0.25, 0.3) is 0 Å². The van der Waals surface area contributed by atoms with Crippen molar-refractivity contribution in [3.05, 3.63) is 28.5 Å². The maximum Gasteiger partial charge on any atom is 0.328 e. The zero-order chi connectivity index (χ0) is 9.84. The van der Waals surface area contributed by atoms with Crippen LogP contribution in [0.15, 0.2) is 22.8 Å². The average molecular weight is 245 g/mol. The Morgan fingerprint density at radius 2 is 2.38 bits per heavy atom. The highest BCUT2D eigenvalue weighted by molar-refractivity contribution is 9.10. The Morgan fingerprint density at radius 3 is 2.85 bits per heavy atom. The highest BCUT2D eigenvalue weighted by Crippen LogP contribution is 2.12. The Labute approximate surface area is 84.2 Å². The van der Waals surface area contributed by atoms with E-state index < -0.39 is 12.0 Å². The van der Waals surface area contributed by atoms with Crippen LogP contribution in [-0.4, -0.2) is 18.1 Å². The van der Waals surface area contributed by atoms with Gasteiger partial charge in [-0.25, -0.2) is 4.79 Å². The Balaban J connectivity index is 2.83. The largest absolute Gasteiger partial charge is 0.468 e. The molecule has 4 nitrogen and oxygen atoms in total. The molecule has 0 aliphatic heterocycles. The van der Waals surface area contributed by atoms with Crippen molar-refractivity contribution < 1.29 is 9.53 Å². The van der Waals surface area contributed by atoms with Crippen molar-refractivity contribution in [2.75, 3.05) is 7.11 Å². The summed E-state index contributed by atoms with van der Waals surface area (Å²) < 4.78 is 5.32. The molecule has 1 heterocycles. The lowest BCUT2D eigenvalue weighted by molar-refractivity contribution is -0.142. The van der Waals surface area contributed by atoms with Gasteiger partial charge >= 0.3 is 5.97 Å². The second kappa shape index (κ2) is 4.34. The summed E-state index contributed by atoms with van der Waals surface area (Å²) in [5.41, 5.74) is 6.04. The Hall–Kier alpha value is -0.940. The van der Waals surface area contributed by atoms with Gasteiger partial charge in [0.15, 0.2) is 0 Å². The van der Waals surface area contributed by atoms with E-state index >= 15 is 0 Å². The minimum atomic E-state index is -0.807. The number of hydrogen-bond acceptors (Lipinski definition) is 4. The molecule has 0 unspecified atom stereocenters. The summed E-state index contributed by atoms with van der Waals surface area (Å²) in [7, 11) is 1.29. The topological polar surface area (TPSA) is 65.2 Å². The molecule has 0 amide bonds. The van der Waals surface area contributed by atoms with E-state index in [2.05, 4.69) is 25.7 Å². The van der Waals surface area contributed by atoms with Crippen LogP contribution < -0.4 is 5.73 Å². The molecular weight excluding hydrogens is 236 g/mol. The summed E-state index contributed by atoms with van der Waals surface area (Å²) in [6.45, 7) is 0. The first-order chi connectivity index (χ1) is 6.15. The van der Waals surface area contributed by atoms with Gasteiger partial charge in [-0.15, -0.1) is 0 Å². The number of pyridine rings is 1. The first-order valence-corrected chi connectivity index (χ1v) is 4.39. The molecule has 2 N–H and O–H groups in total. The molecule has 0 saturated carbocycles. The van der Waals surface area contributed by atoms with Gasteiger partial charge < -0.3 is 10.5 Å². The van der Waals surface area contributed by atoms with Crippen LogP contribution in [0.1, 0.15) is 11.7 Å². The molecule has 1 aromatic heterocycles. The van der Waals surface area contributed by atoms with Crippen LogP contribution in [-0.2, 0) is 9.53 Å². The number of ether oxygens (including phenoxy) is 1. The lowest BCUT2D eigenvalue weighted by atomic mass is 10.2. The molecule has 5 heteroatoms. The van der Waals surface area contributed by atoms with Gasteiger partial charge in [0.05, 0.1) is 12.8 Å². The number of hydrogen-bond donors (Lipinski definition) is 1. The zero-order valence-corrected chi connectivity index (χ0v) is 8.61. The fourth-order valence-electron chi connectivity index (χ4n) is 0.819. The van der Waals surface area contributed by atoms with Crippen LogP contribution in [0.4, 0.5) is 0 Å². The molecule has 0 aromatic carbocycles. The molecule has 0 spiro atoms. The number of carbonyl (C=O) groups is 1. The Bertz CT molecular complexity index is 300. The van der Waals surface area contributed by atoms with Crippen LogP contribution >= 0.6 is 15.9 Å². The summed E-state index contributed by atoms with van der Waals surface area (Å²) in [4.78, 5) is 15.0.